The molecule has 3 rings (SSSR count). The van der Waals surface area contributed by atoms with Gasteiger partial charge in [0.05, 0.1) is 17.8 Å². The van der Waals surface area contributed by atoms with Crippen molar-refractivity contribution in [2.45, 2.75) is 45.5 Å². The largest absolute Gasteiger partial charge is 0.380 e. The maximum Gasteiger partial charge on any atom is 0.343 e. The average molecular weight is 317 g/mol. The van der Waals surface area contributed by atoms with Crippen molar-refractivity contribution in [3.05, 3.63) is 45.9 Å². The third kappa shape index (κ3) is 3.07. The van der Waals surface area contributed by atoms with E-state index in [9.17, 15) is 4.79 Å². The van der Waals surface area contributed by atoms with E-state index < -0.39 is 0 Å². The van der Waals surface area contributed by atoms with Crippen LogP contribution in [0.15, 0.2) is 23.1 Å². The van der Waals surface area contributed by atoms with E-state index in [-0.39, 0.29) is 17.8 Å². The predicted octanol–water partition coefficient (Wildman–Crippen LogP) is 1.26. The van der Waals surface area contributed by atoms with E-state index in [0.29, 0.717) is 6.54 Å². The van der Waals surface area contributed by atoms with E-state index in [1.807, 2.05) is 19.2 Å². The van der Waals surface area contributed by atoms with Gasteiger partial charge in [0, 0.05) is 32.9 Å². The highest BCUT2D eigenvalue weighted by atomic mass is 16.5. The standard InChI is InChI=1S/C16H23N5O2/c1-4-21-15(18-19-16(21)22)14-8-12(23-3)9-20(14)10-13-11(2)6-5-7-17-13/h5-7,12,14H,4,8-10H2,1-3H3,(H,19,22)/t12-,14-/m0/s1. The van der Waals surface area contributed by atoms with Crippen molar-refractivity contribution in [1.29, 1.82) is 0 Å². The zero-order valence-corrected chi connectivity index (χ0v) is 13.8. The molecule has 0 radical (unpaired) electrons. The third-order valence-corrected chi connectivity index (χ3v) is 4.57. The minimum absolute atomic E-state index is 0.0558. The monoisotopic (exact) mass is 317 g/mol. The molecule has 1 N–H and O–H groups in total. The second-order valence-corrected chi connectivity index (χ2v) is 5.94. The van der Waals surface area contributed by atoms with Gasteiger partial charge in [-0.25, -0.2) is 9.89 Å². The van der Waals surface area contributed by atoms with E-state index in [0.717, 1.165) is 31.0 Å². The van der Waals surface area contributed by atoms with Gasteiger partial charge in [-0.05, 0) is 31.9 Å². The number of aryl methyl sites for hydroxylation is 1. The van der Waals surface area contributed by atoms with E-state index in [1.54, 1.807) is 11.7 Å². The van der Waals surface area contributed by atoms with Crippen LogP contribution >= 0.6 is 0 Å². The number of aromatic amines is 1. The van der Waals surface area contributed by atoms with Crippen LogP contribution in [0, 0.1) is 6.92 Å². The molecule has 0 spiro atoms. The van der Waals surface area contributed by atoms with Crippen molar-refractivity contribution in [2.24, 2.45) is 0 Å². The SMILES string of the molecule is CCn1c([C@@H]2C[C@H](OC)CN2Cc2ncccc2C)n[nH]c1=O. The van der Waals surface area contributed by atoms with Crippen LogP contribution in [0.5, 0.6) is 0 Å². The van der Waals surface area contributed by atoms with E-state index in [4.69, 9.17) is 4.74 Å². The lowest BCUT2D eigenvalue weighted by molar-refractivity contribution is 0.107. The molecule has 2 atom stereocenters. The van der Waals surface area contributed by atoms with Gasteiger partial charge in [0.15, 0.2) is 5.82 Å². The molecule has 1 aliphatic heterocycles. The first-order valence-corrected chi connectivity index (χ1v) is 7.96. The number of ether oxygens (including phenoxy) is 1. The molecule has 2 aromatic heterocycles. The highest BCUT2D eigenvalue weighted by molar-refractivity contribution is 5.18. The molecule has 0 saturated carbocycles. The molecular formula is C16H23N5O2. The normalized spacial score (nSPS) is 21.9. The number of nitrogens with one attached hydrogen (secondary N) is 1. The molecule has 7 nitrogen and oxygen atoms in total. The zero-order valence-electron chi connectivity index (χ0n) is 13.8. The summed E-state index contributed by atoms with van der Waals surface area (Å²) in [6.45, 7) is 6.16. The van der Waals surface area contributed by atoms with Gasteiger partial charge in [0.1, 0.15) is 0 Å². The minimum atomic E-state index is -0.155. The third-order valence-electron chi connectivity index (χ3n) is 4.57. The van der Waals surface area contributed by atoms with Crippen LogP contribution in [0.2, 0.25) is 0 Å². The van der Waals surface area contributed by atoms with Crippen molar-refractivity contribution in [3.8, 4) is 0 Å². The molecule has 1 fully saturated rings. The summed E-state index contributed by atoms with van der Waals surface area (Å²) in [4.78, 5) is 18.7. The van der Waals surface area contributed by atoms with Crippen molar-refractivity contribution < 1.29 is 4.74 Å². The number of H-pyrrole nitrogens is 1. The fourth-order valence-corrected chi connectivity index (χ4v) is 3.24. The molecule has 0 bridgehead atoms. The Morgan fingerprint density at radius 2 is 2.30 bits per heavy atom. The van der Waals surface area contributed by atoms with Crippen LogP contribution in [-0.4, -0.2) is 44.4 Å². The molecule has 0 aliphatic carbocycles. The predicted molar refractivity (Wildman–Crippen MR) is 86.1 cm³/mol. The van der Waals surface area contributed by atoms with Gasteiger partial charge in [-0.3, -0.25) is 14.5 Å². The number of rotatable bonds is 5. The van der Waals surface area contributed by atoms with E-state index in [2.05, 4.69) is 33.1 Å². The highest BCUT2D eigenvalue weighted by Gasteiger charge is 2.36. The number of methoxy groups -OCH3 is 1. The second-order valence-electron chi connectivity index (χ2n) is 5.94. The van der Waals surface area contributed by atoms with Crippen LogP contribution < -0.4 is 5.69 Å². The Hall–Kier alpha value is -1.99. The Morgan fingerprint density at radius 1 is 1.48 bits per heavy atom. The Balaban J connectivity index is 1.90. The molecule has 23 heavy (non-hydrogen) atoms. The lowest BCUT2D eigenvalue weighted by Crippen LogP contribution is -2.28. The van der Waals surface area contributed by atoms with Gasteiger partial charge in [0.25, 0.3) is 0 Å². The molecular weight excluding hydrogens is 294 g/mol. The summed E-state index contributed by atoms with van der Waals surface area (Å²) in [6.07, 6.45) is 2.78. The van der Waals surface area contributed by atoms with Crippen molar-refractivity contribution in [1.82, 2.24) is 24.6 Å². The zero-order chi connectivity index (χ0) is 16.4. The number of hydrogen-bond acceptors (Lipinski definition) is 5. The number of likely N-dealkylation sites (tertiary alicyclic amines) is 1. The summed E-state index contributed by atoms with van der Waals surface area (Å²) < 4.78 is 7.25. The van der Waals surface area contributed by atoms with Gasteiger partial charge >= 0.3 is 5.69 Å². The lowest BCUT2D eigenvalue weighted by Gasteiger charge is -2.23. The summed E-state index contributed by atoms with van der Waals surface area (Å²) in [6, 6.07) is 4.07. The van der Waals surface area contributed by atoms with E-state index in [1.165, 1.54) is 5.56 Å². The van der Waals surface area contributed by atoms with Crippen LogP contribution in [0.25, 0.3) is 0 Å². The number of hydrogen-bond donors (Lipinski definition) is 1. The van der Waals surface area contributed by atoms with Crippen LogP contribution in [0.1, 0.15) is 36.5 Å². The lowest BCUT2D eigenvalue weighted by atomic mass is 10.1. The fraction of sp³-hybridized carbons (Fsp3) is 0.562. The Kier molecular flexibility index (Phi) is 4.58. The molecule has 124 valence electrons. The number of pyridine rings is 1. The first kappa shape index (κ1) is 15.9. The number of nitrogens with zero attached hydrogens (tertiary/aromatic N) is 4. The maximum absolute atomic E-state index is 11.9. The van der Waals surface area contributed by atoms with Crippen LogP contribution in [-0.2, 0) is 17.8 Å². The quantitative estimate of drug-likeness (QED) is 0.898. The first-order chi connectivity index (χ1) is 11.1. The Labute approximate surface area is 135 Å². The molecule has 0 aromatic carbocycles. The van der Waals surface area contributed by atoms with Gasteiger partial charge < -0.3 is 4.74 Å². The summed E-state index contributed by atoms with van der Waals surface area (Å²) in [5.74, 6) is 0.783. The summed E-state index contributed by atoms with van der Waals surface area (Å²) >= 11 is 0. The average Bonchev–Trinajstić information content (AvgIpc) is 3.12. The fourth-order valence-electron chi connectivity index (χ4n) is 3.24. The van der Waals surface area contributed by atoms with Crippen molar-refractivity contribution in [2.75, 3.05) is 13.7 Å². The van der Waals surface area contributed by atoms with Crippen molar-refractivity contribution in [3.63, 3.8) is 0 Å². The molecule has 7 heteroatoms. The minimum Gasteiger partial charge on any atom is -0.380 e. The Morgan fingerprint density at radius 3 is 3.00 bits per heavy atom. The topological polar surface area (TPSA) is 76.0 Å². The van der Waals surface area contributed by atoms with Gasteiger partial charge in [-0.1, -0.05) is 6.07 Å². The highest BCUT2D eigenvalue weighted by Crippen LogP contribution is 2.33. The molecule has 0 unspecified atom stereocenters. The Bertz CT molecular complexity index is 723. The summed E-state index contributed by atoms with van der Waals surface area (Å²) in [5.41, 5.74) is 2.06. The first-order valence-electron chi connectivity index (χ1n) is 7.96. The molecule has 0 amide bonds. The molecule has 1 saturated heterocycles. The maximum atomic E-state index is 11.9. The van der Waals surface area contributed by atoms with Gasteiger partial charge in [-0.15, -0.1) is 0 Å². The van der Waals surface area contributed by atoms with Crippen molar-refractivity contribution >= 4 is 0 Å². The van der Waals surface area contributed by atoms with Gasteiger partial charge in [-0.2, -0.15) is 5.10 Å². The summed E-state index contributed by atoms with van der Waals surface area (Å²) in [5, 5.41) is 6.83. The van der Waals surface area contributed by atoms with Crippen LogP contribution in [0.4, 0.5) is 0 Å². The molecule has 2 aromatic rings. The smallest absolute Gasteiger partial charge is 0.343 e. The van der Waals surface area contributed by atoms with E-state index >= 15 is 0 Å². The van der Waals surface area contributed by atoms with Crippen LogP contribution in [0.3, 0.4) is 0 Å². The molecule has 3 heterocycles. The van der Waals surface area contributed by atoms with Gasteiger partial charge in [0.2, 0.25) is 0 Å². The molecule has 1 aliphatic rings. The second kappa shape index (κ2) is 6.64. The summed E-state index contributed by atoms with van der Waals surface area (Å²) in [7, 11) is 1.73. The number of aromatic nitrogens is 4.